The standard InChI is InChI=1S/C19H29NO3/c1-6-10-15(2)17(21)14-20(18(22)23-19(3,4)5)13-16-11-8-7-9-12-16/h7-9,11-12,15H,6,10,13-14H2,1-5H3. The minimum absolute atomic E-state index is 0.0410. The minimum Gasteiger partial charge on any atom is -0.444 e. The third-order valence-corrected chi connectivity index (χ3v) is 3.49. The highest BCUT2D eigenvalue weighted by molar-refractivity contribution is 5.85. The van der Waals surface area contributed by atoms with Crippen molar-refractivity contribution in [2.24, 2.45) is 5.92 Å². The molecule has 0 spiro atoms. The van der Waals surface area contributed by atoms with Gasteiger partial charge in [-0.15, -0.1) is 0 Å². The number of benzene rings is 1. The predicted octanol–water partition coefficient (Wildman–Crippen LogP) is 4.43. The molecule has 1 aromatic rings. The van der Waals surface area contributed by atoms with Gasteiger partial charge in [0.05, 0.1) is 6.54 Å². The molecule has 0 aromatic heterocycles. The van der Waals surface area contributed by atoms with Gasteiger partial charge in [-0.05, 0) is 32.8 Å². The molecule has 1 atom stereocenters. The summed E-state index contributed by atoms with van der Waals surface area (Å²) in [5, 5.41) is 0. The maximum absolute atomic E-state index is 12.4. The first-order valence-corrected chi connectivity index (χ1v) is 8.27. The Hall–Kier alpha value is -1.84. The van der Waals surface area contributed by atoms with E-state index in [1.165, 1.54) is 4.90 Å². The zero-order valence-corrected chi connectivity index (χ0v) is 15.0. The van der Waals surface area contributed by atoms with Gasteiger partial charge in [0.1, 0.15) is 5.60 Å². The third-order valence-electron chi connectivity index (χ3n) is 3.49. The van der Waals surface area contributed by atoms with Crippen molar-refractivity contribution in [2.45, 2.75) is 59.6 Å². The van der Waals surface area contributed by atoms with Crippen LogP contribution in [0.2, 0.25) is 0 Å². The zero-order valence-electron chi connectivity index (χ0n) is 15.0. The Labute approximate surface area is 139 Å². The smallest absolute Gasteiger partial charge is 0.410 e. The van der Waals surface area contributed by atoms with E-state index in [9.17, 15) is 9.59 Å². The van der Waals surface area contributed by atoms with Gasteiger partial charge in [0.2, 0.25) is 0 Å². The molecule has 1 aromatic carbocycles. The first kappa shape index (κ1) is 19.2. The number of rotatable bonds is 7. The summed E-state index contributed by atoms with van der Waals surface area (Å²) in [6.45, 7) is 9.92. The lowest BCUT2D eigenvalue weighted by Crippen LogP contribution is -2.40. The van der Waals surface area contributed by atoms with Gasteiger partial charge in [0.25, 0.3) is 0 Å². The number of hydrogen-bond donors (Lipinski definition) is 0. The van der Waals surface area contributed by atoms with Crippen LogP contribution in [0.3, 0.4) is 0 Å². The van der Waals surface area contributed by atoms with Crippen LogP contribution in [0.1, 0.15) is 53.0 Å². The molecule has 1 unspecified atom stereocenters. The Morgan fingerprint density at radius 3 is 2.30 bits per heavy atom. The monoisotopic (exact) mass is 319 g/mol. The van der Waals surface area contributed by atoms with E-state index in [0.717, 1.165) is 18.4 Å². The van der Waals surface area contributed by atoms with Crippen LogP contribution in [0.25, 0.3) is 0 Å². The third kappa shape index (κ3) is 7.31. The predicted molar refractivity (Wildman–Crippen MR) is 92.2 cm³/mol. The summed E-state index contributed by atoms with van der Waals surface area (Å²) in [6, 6.07) is 9.65. The molecule has 0 fully saturated rings. The van der Waals surface area contributed by atoms with Crippen molar-refractivity contribution in [1.82, 2.24) is 4.90 Å². The Morgan fingerprint density at radius 1 is 1.17 bits per heavy atom. The fourth-order valence-electron chi connectivity index (χ4n) is 2.25. The summed E-state index contributed by atoms with van der Waals surface area (Å²) < 4.78 is 5.45. The van der Waals surface area contributed by atoms with Gasteiger partial charge in [-0.25, -0.2) is 4.79 Å². The maximum atomic E-state index is 12.4. The summed E-state index contributed by atoms with van der Waals surface area (Å²) in [6.07, 6.45) is 1.35. The number of Topliss-reactive ketones (excluding diaryl/α,β-unsaturated/α-hetero) is 1. The van der Waals surface area contributed by atoms with Gasteiger partial charge in [-0.1, -0.05) is 50.6 Å². The molecule has 0 saturated heterocycles. The topological polar surface area (TPSA) is 46.6 Å². The van der Waals surface area contributed by atoms with Crippen molar-refractivity contribution in [3.8, 4) is 0 Å². The van der Waals surface area contributed by atoms with E-state index in [0.29, 0.717) is 6.54 Å². The second kappa shape index (κ2) is 8.70. The van der Waals surface area contributed by atoms with Gasteiger partial charge >= 0.3 is 6.09 Å². The number of ketones is 1. The van der Waals surface area contributed by atoms with E-state index in [1.807, 2.05) is 58.0 Å². The number of amides is 1. The van der Waals surface area contributed by atoms with Crippen molar-refractivity contribution in [3.05, 3.63) is 35.9 Å². The fraction of sp³-hybridized carbons (Fsp3) is 0.579. The van der Waals surface area contributed by atoms with Crippen molar-refractivity contribution in [1.29, 1.82) is 0 Å². The van der Waals surface area contributed by atoms with Gasteiger partial charge in [-0.2, -0.15) is 0 Å². The molecule has 1 amide bonds. The minimum atomic E-state index is -0.579. The SMILES string of the molecule is CCCC(C)C(=O)CN(Cc1ccccc1)C(=O)OC(C)(C)C. The number of carbonyl (C=O) groups excluding carboxylic acids is 2. The summed E-state index contributed by atoms with van der Waals surface area (Å²) in [7, 11) is 0. The van der Waals surface area contributed by atoms with Crippen molar-refractivity contribution in [3.63, 3.8) is 0 Å². The molecule has 1 rings (SSSR count). The zero-order chi connectivity index (χ0) is 17.5. The maximum Gasteiger partial charge on any atom is 0.410 e. The molecule has 0 aliphatic carbocycles. The Kier molecular flexibility index (Phi) is 7.27. The average molecular weight is 319 g/mol. The fourth-order valence-corrected chi connectivity index (χ4v) is 2.25. The highest BCUT2D eigenvalue weighted by Crippen LogP contribution is 2.15. The molecule has 0 aliphatic rings. The number of hydrogen-bond acceptors (Lipinski definition) is 3. The van der Waals surface area contributed by atoms with Gasteiger partial charge in [0, 0.05) is 12.5 Å². The molecular weight excluding hydrogens is 290 g/mol. The van der Waals surface area contributed by atoms with E-state index in [4.69, 9.17) is 4.74 Å². The first-order chi connectivity index (χ1) is 10.7. The molecule has 4 heteroatoms. The second-order valence-electron chi connectivity index (χ2n) is 6.98. The quantitative estimate of drug-likeness (QED) is 0.747. The normalized spacial score (nSPS) is 12.6. The summed E-state index contributed by atoms with van der Waals surface area (Å²) in [5.41, 5.74) is 0.402. The van der Waals surface area contributed by atoms with E-state index in [1.54, 1.807) is 0 Å². The number of nitrogens with zero attached hydrogens (tertiary/aromatic N) is 1. The van der Waals surface area contributed by atoms with E-state index >= 15 is 0 Å². The van der Waals surface area contributed by atoms with E-state index in [2.05, 4.69) is 6.92 Å². The number of ether oxygens (including phenoxy) is 1. The molecule has 23 heavy (non-hydrogen) atoms. The Morgan fingerprint density at radius 2 is 1.78 bits per heavy atom. The largest absolute Gasteiger partial charge is 0.444 e. The van der Waals surface area contributed by atoms with Crippen LogP contribution in [0.15, 0.2) is 30.3 Å². The molecular formula is C19H29NO3. The van der Waals surface area contributed by atoms with Crippen molar-refractivity contribution >= 4 is 11.9 Å². The lowest BCUT2D eigenvalue weighted by atomic mass is 10.0. The molecule has 0 bridgehead atoms. The van der Waals surface area contributed by atoms with E-state index < -0.39 is 11.7 Å². The molecule has 128 valence electrons. The second-order valence-corrected chi connectivity index (χ2v) is 6.98. The summed E-state index contributed by atoms with van der Waals surface area (Å²) >= 11 is 0. The first-order valence-electron chi connectivity index (χ1n) is 8.27. The Balaban J connectivity index is 2.83. The van der Waals surface area contributed by atoms with Crippen LogP contribution in [-0.2, 0) is 16.1 Å². The Bertz CT molecular complexity index is 505. The average Bonchev–Trinajstić information content (AvgIpc) is 2.46. The highest BCUT2D eigenvalue weighted by atomic mass is 16.6. The van der Waals surface area contributed by atoms with Crippen LogP contribution in [0.4, 0.5) is 4.79 Å². The van der Waals surface area contributed by atoms with Crippen molar-refractivity contribution in [2.75, 3.05) is 6.54 Å². The molecule has 0 heterocycles. The van der Waals surface area contributed by atoms with Gasteiger partial charge < -0.3 is 4.74 Å². The van der Waals surface area contributed by atoms with Crippen LogP contribution in [0.5, 0.6) is 0 Å². The lowest BCUT2D eigenvalue weighted by Gasteiger charge is -2.27. The summed E-state index contributed by atoms with van der Waals surface area (Å²) in [4.78, 5) is 26.3. The molecule has 0 radical (unpaired) electrons. The highest BCUT2D eigenvalue weighted by Gasteiger charge is 2.25. The van der Waals surface area contributed by atoms with Gasteiger partial charge in [0.15, 0.2) is 5.78 Å². The van der Waals surface area contributed by atoms with Crippen molar-refractivity contribution < 1.29 is 14.3 Å². The van der Waals surface area contributed by atoms with Crippen LogP contribution >= 0.6 is 0 Å². The number of carbonyl (C=O) groups is 2. The summed E-state index contributed by atoms with van der Waals surface area (Å²) in [5.74, 6) is 0.0364. The van der Waals surface area contributed by atoms with Gasteiger partial charge in [-0.3, -0.25) is 9.69 Å². The lowest BCUT2D eigenvalue weighted by molar-refractivity contribution is -0.123. The molecule has 0 aliphatic heterocycles. The van der Waals surface area contributed by atoms with Crippen LogP contribution in [0, 0.1) is 5.92 Å². The van der Waals surface area contributed by atoms with E-state index in [-0.39, 0.29) is 18.2 Å². The molecule has 0 N–H and O–H groups in total. The van der Waals surface area contributed by atoms with Crippen LogP contribution < -0.4 is 0 Å². The molecule has 4 nitrogen and oxygen atoms in total. The van der Waals surface area contributed by atoms with Crippen LogP contribution in [-0.4, -0.2) is 28.9 Å². The molecule has 0 saturated carbocycles.